The summed E-state index contributed by atoms with van der Waals surface area (Å²) in [5, 5.41) is 6.79. The summed E-state index contributed by atoms with van der Waals surface area (Å²) < 4.78 is 74.4. The van der Waals surface area contributed by atoms with Crippen LogP contribution < -0.4 is 20.9 Å². The number of rotatable bonds is 8. The van der Waals surface area contributed by atoms with E-state index >= 15 is 8.78 Å². The molecule has 2 aromatic heterocycles. The Kier molecular flexibility index (Phi) is 7.97. The van der Waals surface area contributed by atoms with E-state index in [2.05, 4.69) is 25.3 Å². The summed E-state index contributed by atoms with van der Waals surface area (Å²) in [6.45, 7) is 1.45. The number of fused-ring (bicyclic) bond motifs is 1. The van der Waals surface area contributed by atoms with Gasteiger partial charge >= 0.3 is 10.2 Å². The number of aromatic nitrogens is 3. The molecule has 3 aliphatic rings. The van der Waals surface area contributed by atoms with Crippen LogP contribution in [0.1, 0.15) is 31.7 Å². The van der Waals surface area contributed by atoms with Crippen molar-refractivity contribution in [3.8, 4) is 11.1 Å². The number of benzene rings is 1. The fourth-order valence-electron chi connectivity index (χ4n) is 5.13. The Labute approximate surface area is 235 Å². The van der Waals surface area contributed by atoms with Crippen LogP contribution in [0, 0.1) is 17.6 Å². The second-order valence-corrected chi connectivity index (χ2v) is 12.0. The van der Waals surface area contributed by atoms with Gasteiger partial charge in [0.25, 0.3) is 5.56 Å². The first-order chi connectivity index (χ1) is 18.7. The van der Waals surface area contributed by atoms with Gasteiger partial charge in [-0.1, -0.05) is 0 Å². The molecule has 2 saturated heterocycles. The van der Waals surface area contributed by atoms with Crippen LogP contribution in [0.3, 0.4) is 0 Å². The molecule has 4 heterocycles. The Morgan fingerprint density at radius 2 is 1.95 bits per heavy atom. The number of nitrogens with one attached hydrogen (secondary N) is 3. The van der Waals surface area contributed by atoms with Crippen molar-refractivity contribution in [2.45, 2.75) is 37.9 Å². The van der Waals surface area contributed by atoms with E-state index in [-0.39, 0.29) is 43.5 Å². The molecule has 2 atom stereocenters. The molecule has 0 spiro atoms. The normalized spacial score (nSPS) is 21.5. The lowest BCUT2D eigenvalue weighted by Crippen LogP contribution is -2.34. The molecule has 2 aliphatic heterocycles. The summed E-state index contributed by atoms with van der Waals surface area (Å²) in [5.74, 6) is -1.33. The van der Waals surface area contributed by atoms with E-state index in [0.29, 0.717) is 42.4 Å². The average Bonchev–Trinajstić information content (AvgIpc) is 3.36. The summed E-state index contributed by atoms with van der Waals surface area (Å²) >= 11 is 0. The van der Waals surface area contributed by atoms with E-state index in [1.807, 2.05) is 0 Å². The molecule has 0 radical (unpaired) electrons. The first-order valence-corrected chi connectivity index (χ1v) is 14.4. The minimum atomic E-state index is -4.30. The molecule has 6 rings (SSSR count). The fourth-order valence-corrected chi connectivity index (χ4v) is 6.40. The predicted molar refractivity (Wildman–Crippen MR) is 148 cm³/mol. The van der Waals surface area contributed by atoms with E-state index in [1.165, 1.54) is 16.8 Å². The lowest BCUT2D eigenvalue weighted by Gasteiger charge is -2.20. The standard InChI is InChI=1S/C25H28F3N7O3S.ClH/c26-16-6-8-34(13-16)39(37,38)33-20-4-3-19(27)21(22(20)28)18-9-15-11-31-25(30-10-14-1-2-14)32-23(15)35(24(18)36)17-5-7-29-12-17;/h3-4,9,11,14,16-17,29,33H,1-2,5-8,10,12-13H2,(H,30,31,32);1H/t16-,17?;/m1./s1. The Hall–Kier alpha value is -2.94. The summed E-state index contributed by atoms with van der Waals surface area (Å²) in [4.78, 5) is 22.7. The van der Waals surface area contributed by atoms with Gasteiger partial charge < -0.3 is 10.6 Å². The smallest absolute Gasteiger partial charge is 0.301 e. The highest BCUT2D eigenvalue weighted by Gasteiger charge is 2.33. The number of hydrogen-bond acceptors (Lipinski definition) is 7. The molecule has 0 bridgehead atoms. The molecule has 1 saturated carbocycles. The number of pyridine rings is 1. The third-order valence-electron chi connectivity index (χ3n) is 7.45. The average molecular weight is 600 g/mol. The lowest BCUT2D eigenvalue weighted by atomic mass is 10.0. The zero-order valence-electron chi connectivity index (χ0n) is 21.4. The van der Waals surface area contributed by atoms with Crippen molar-refractivity contribution >= 4 is 45.3 Å². The number of hydrogen-bond donors (Lipinski definition) is 3. The van der Waals surface area contributed by atoms with E-state index in [9.17, 15) is 17.6 Å². The quantitative estimate of drug-likeness (QED) is 0.364. The third-order valence-corrected chi connectivity index (χ3v) is 8.94. The van der Waals surface area contributed by atoms with Crippen molar-refractivity contribution in [2.75, 3.05) is 42.8 Å². The summed E-state index contributed by atoms with van der Waals surface area (Å²) in [6.07, 6.45) is 3.12. The Morgan fingerprint density at radius 3 is 2.62 bits per heavy atom. The van der Waals surface area contributed by atoms with Crippen LogP contribution in [0.2, 0.25) is 0 Å². The molecule has 40 heavy (non-hydrogen) atoms. The zero-order chi connectivity index (χ0) is 27.3. The van der Waals surface area contributed by atoms with Crippen LogP contribution in [0.5, 0.6) is 0 Å². The van der Waals surface area contributed by atoms with Gasteiger partial charge in [0.2, 0.25) is 5.95 Å². The molecular weight excluding hydrogens is 571 g/mol. The number of nitrogens with zero attached hydrogens (tertiary/aromatic N) is 4. The Balaban J connectivity index is 0.00000323. The largest absolute Gasteiger partial charge is 0.354 e. The van der Waals surface area contributed by atoms with Crippen molar-refractivity contribution in [1.29, 1.82) is 0 Å². The molecule has 3 fully saturated rings. The zero-order valence-corrected chi connectivity index (χ0v) is 23.0. The lowest BCUT2D eigenvalue weighted by molar-refractivity contribution is 0.343. The van der Waals surface area contributed by atoms with Crippen LogP contribution in [-0.4, -0.2) is 66.2 Å². The maximum absolute atomic E-state index is 15.8. The number of alkyl halides is 1. The van der Waals surface area contributed by atoms with Gasteiger partial charge in [0.15, 0.2) is 5.82 Å². The van der Waals surface area contributed by atoms with E-state index in [1.54, 1.807) is 0 Å². The van der Waals surface area contributed by atoms with Gasteiger partial charge in [-0.15, -0.1) is 12.4 Å². The number of halogens is 4. The van der Waals surface area contributed by atoms with Crippen LogP contribution in [-0.2, 0) is 10.2 Å². The van der Waals surface area contributed by atoms with E-state index < -0.39 is 44.8 Å². The third kappa shape index (κ3) is 5.49. The predicted octanol–water partition coefficient (Wildman–Crippen LogP) is 3.22. The molecule has 3 N–H and O–H groups in total. The Bertz CT molecular complexity index is 1600. The van der Waals surface area contributed by atoms with Gasteiger partial charge in [0.05, 0.1) is 22.9 Å². The second-order valence-electron chi connectivity index (χ2n) is 10.3. The van der Waals surface area contributed by atoms with Crippen LogP contribution in [0.25, 0.3) is 22.2 Å². The van der Waals surface area contributed by atoms with Crippen molar-refractivity contribution in [2.24, 2.45) is 5.92 Å². The highest BCUT2D eigenvalue weighted by molar-refractivity contribution is 7.90. The highest BCUT2D eigenvalue weighted by Crippen LogP contribution is 2.33. The van der Waals surface area contributed by atoms with Gasteiger partial charge in [0.1, 0.15) is 17.6 Å². The first-order valence-electron chi connectivity index (χ1n) is 13.0. The van der Waals surface area contributed by atoms with Crippen LogP contribution in [0.15, 0.2) is 29.2 Å². The second kappa shape index (κ2) is 11.1. The summed E-state index contributed by atoms with van der Waals surface area (Å²) in [6, 6.07) is 2.86. The molecule has 10 nitrogen and oxygen atoms in total. The maximum Gasteiger partial charge on any atom is 0.301 e. The minimum absolute atomic E-state index is 0. The SMILES string of the molecule is Cl.O=c1c(-c2c(F)ccc(NS(=O)(=O)N3CC[C@@H](F)C3)c2F)cc2cnc(NCC3CC3)nc2n1C1CCNC1. The minimum Gasteiger partial charge on any atom is -0.354 e. The van der Waals surface area contributed by atoms with Gasteiger partial charge in [-0.3, -0.25) is 14.1 Å². The van der Waals surface area contributed by atoms with Crippen molar-refractivity contribution in [1.82, 2.24) is 24.2 Å². The molecule has 1 aliphatic carbocycles. The van der Waals surface area contributed by atoms with Crippen molar-refractivity contribution in [3.63, 3.8) is 0 Å². The van der Waals surface area contributed by atoms with E-state index in [0.717, 1.165) is 35.8 Å². The Morgan fingerprint density at radius 1 is 1.15 bits per heavy atom. The van der Waals surface area contributed by atoms with E-state index in [4.69, 9.17) is 0 Å². The summed E-state index contributed by atoms with van der Waals surface area (Å²) in [7, 11) is -4.30. The highest BCUT2D eigenvalue weighted by atomic mass is 35.5. The molecule has 0 amide bonds. The van der Waals surface area contributed by atoms with Crippen molar-refractivity contribution in [3.05, 3.63) is 46.4 Å². The van der Waals surface area contributed by atoms with Gasteiger partial charge in [0, 0.05) is 37.8 Å². The van der Waals surface area contributed by atoms with Crippen molar-refractivity contribution < 1.29 is 21.6 Å². The summed E-state index contributed by atoms with van der Waals surface area (Å²) in [5.41, 5.74) is -1.79. The molecule has 1 unspecified atom stereocenters. The van der Waals surface area contributed by atoms with Gasteiger partial charge in [-0.25, -0.2) is 18.2 Å². The van der Waals surface area contributed by atoms with Gasteiger partial charge in [-0.05, 0) is 56.3 Å². The molecule has 15 heteroatoms. The monoisotopic (exact) mass is 599 g/mol. The molecular formula is C25H29ClF3N7O3S. The molecule has 1 aromatic carbocycles. The first kappa shape index (κ1) is 28.6. The molecule has 216 valence electrons. The molecule has 3 aromatic rings. The van der Waals surface area contributed by atoms with Crippen LogP contribution in [0.4, 0.5) is 24.8 Å². The number of anilines is 2. The topological polar surface area (TPSA) is 121 Å². The fraction of sp³-hybridized carbons (Fsp3) is 0.480. The van der Waals surface area contributed by atoms with Crippen LogP contribution >= 0.6 is 12.4 Å². The van der Waals surface area contributed by atoms with Gasteiger partial charge in [-0.2, -0.15) is 17.7 Å². The maximum atomic E-state index is 15.8.